The van der Waals surface area contributed by atoms with Gasteiger partial charge in [0.15, 0.2) is 22.9 Å². The molecule has 0 radical (unpaired) electrons. The van der Waals surface area contributed by atoms with Gasteiger partial charge in [-0.3, -0.25) is 18.8 Å². The summed E-state index contributed by atoms with van der Waals surface area (Å²) in [5.41, 5.74) is 0.861. The van der Waals surface area contributed by atoms with Crippen LogP contribution in [0.2, 0.25) is 0 Å². The van der Waals surface area contributed by atoms with Crippen molar-refractivity contribution >= 4 is 16.8 Å². The third-order valence-electron chi connectivity index (χ3n) is 4.16. The first-order chi connectivity index (χ1) is 12.1. The van der Waals surface area contributed by atoms with Crippen LogP contribution in [0.1, 0.15) is 16.8 Å². The molecule has 1 aliphatic rings. The summed E-state index contributed by atoms with van der Waals surface area (Å²) in [5, 5.41) is 4.47. The lowest BCUT2D eigenvalue weighted by Gasteiger charge is -2.18. The standard InChI is InChI=1S/C17H16N4O4/c1-20-16-12(9-19-20)17(23)21(10-18-16)5-4-13(22)11-2-3-14-15(8-11)25-7-6-24-14/h2-3,8-10H,4-7H2,1H3. The summed E-state index contributed by atoms with van der Waals surface area (Å²) in [4.78, 5) is 29.1. The number of aromatic nitrogens is 4. The van der Waals surface area contributed by atoms with Crippen molar-refractivity contribution in [3.05, 3.63) is 46.6 Å². The zero-order valence-electron chi connectivity index (χ0n) is 13.6. The molecular weight excluding hydrogens is 324 g/mol. The molecule has 3 aromatic rings. The van der Waals surface area contributed by atoms with E-state index in [1.165, 1.54) is 17.1 Å². The van der Waals surface area contributed by atoms with Gasteiger partial charge in [-0.15, -0.1) is 0 Å². The van der Waals surface area contributed by atoms with Crippen LogP contribution in [0.25, 0.3) is 11.0 Å². The molecule has 0 amide bonds. The maximum Gasteiger partial charge on any atom is 0.264 e. The molecule has 0 aliphatic carbocycles. The Balaban J connectivity index is 1.52. The van der Waals surface area contributed by atoms with Crippen molar-refractivity contribution in [2.75, 3.05) is 13.2 Å². The van der Waals surface area contributed by atoms with Crippen LogP contribution >= 0.6 is 0 Å². The number of hydrogen-bond donors (Lipinski definition) is 0. The number of fused-ring (bicyclic) bond motifs is 2. The van der Waals surface area contributed by atoms with Gasteiger partial charge in [0.1, 0.15) is 18.6 Å². The highest BCUT2D eigenvalue weighted by Gasteiger charge is 2.15. The van der Waals surface area contributed by atoms with Crippen molar-refractivity contribution in [1.29, 1.82) is 0 Å². The van der Waals surface area contributed by atoms with Gasteiger partial charge in [-0.25, -0.2) is 4.98 Å². The van der Waals surface area contributed by atoms with E-state index in [-0.39, 0.29) is 24.3 Å². The smallest absolute Gasteiger partial charge is 0.264 e. The quantitative estimate of drug-likeness (QED) is 0.663. The van der Waals surface area contributed by atoms with Crippen LogP contribution in [-0.4, -0.2) is 38.3 Å². The Hall–Kier alpha value is -3.16. The molecule has 0 unspecified atom stereocenters. The van der Waals surface area contributed by atoms with E-state index >= 15 is 0 Å². The second-order valence-electron chi connectivity index (χ2n) is 5.78. The molecule has 4 rings (SSSR count). The van der Waals surface area contributed by atoms with Gasteiger partial charge in [0.25, 0.3) is 5.56 Å². The predicted molar refractivity (Wildman–Crippen MR) is 89.1 cm³/mol. The number of Topliss-reactive ketones (excluding diaryl/α,β-unsaturated/α-hetero) is 1. The number of ketones is 1. The Kier molecular flexibility index (Phi) is 3.72. The Labute approximate surface area is 142 Å². The number of carbonyl (C=O) groups excluding carboxylic acids is 1. The molecule has 25 heavy (non-hydrogen) atoms. The first-order valence-corrected chi connectivity index (χ1v) is 7.93. The minimum Gasteiger partial charge on any atom is -0.486 e. The number of ether oxygens (including phenoxy) is 2. The Morgan fingerprint density at radius 2 is 2.04 bits per heavy atom. The molecule has 0 atom stereocenters. The molecule has 0 bridgehead atoms. The number of benzene rings is 1. The topological polar surface area (TPSA) is 88.2 Å². The van der Waals surface area contributed by atoms with Crippen LogP contribution in [0.5, 0.6) is 11.5 Å². The van der Waals surface area contributed by atoms with E-state index in [9.17, 15) is 9.59 Å². The van der Waals surface area contributed by atoms with Gasteiger partial charge >= 0.3 is 0 Å². The van der Waals surface area contributed by atoms with E-state index in [4.69, 9.17) is 9.47 Å². The molecule has 1 aliphatic heterocycles. The van der Waals surface area contributed by atoms with E-state index < -0.39 is 0 Å². The van der Waals surface area contributed by atoms with Crippen molar-refractivity contribution in [3.8, 4) is 11.5 Å². The van der Waals surface area contributed by atoms with Gasteiger partial charge in [0.2, 0.25) is 0 Å². The zero-order chi connectivity index (χ0) is 17.4. The summed E-state index contributed by atoms with van der Waals surface area (Å²) >= 11 is 0. The van der Waals surface area contributed by atoms with Crippen molar-refractivity contribution in [2.45, 2.75) is 13.0 Å². The van der Waals surface area contributed by atoms with E-state index in [1.54, 1.807) is 29.9 Å². The minimum absolute atomic E-state index is 0.0739. The summed E-state index contributed by atoms with van der Waals surface area (Å²) in [6, 6.07) is 5.13. The fraction of sp³-hybridized carbons (Fsp3) is 0.294. The minimum atomic E-state index is -0.201. The lowest BCUT2D eigenvalue weighted by Crippen LogP contribution is -2.22. The highest BCUT2D eigenvalue weighted by atomic mass is 16.6. The lowest BCUT2D eigenvalue weighted by atomic mass is 10.1. The summed E-state index contributed by atoms with van der Waals surface area (Å²) in [6.07, 6.45) is 3.13. The number of aryl methyl sites for hydroxylation is 2. The first kappa shape index (κ1) is 15.4. The van der Waals surface area contributed by atoms with E-state index in [1.807, 2.05) is 0 Å². The van der Waals surface area contributed by atoms with Crippen molar-refractivity contribution in [3.63, 3.8) is 0 Å². The molecule has 0 N–H and O–H groups in total. The summed E-state index contributed by atoms with van der Waals surface area (Å²) < 4.78 is 13.9. The lowest BCUT2D eigenvalue weighted by molar-refractivity contribution is 0.0975. The molecule has 0 fully saturated rings. The molecule has 8 heteroatoms. The first-order valence-electron chi connectivity index (χ1n) is 7.93. The molecule has 2 aromatic heterocycles. The predicted octanol–water partition coefficient (Wildman–Crippen LogP) is 1.17. The van der Waals surface area contributed by atoms with Crippen LogP contribution in [0.15, 0.2) is 35.5 Å². The van der Waals surface area contributed by atoms with Gasteiger partial charge in [0, 0.05) is 25.6 Å². The van der Waals surface area contributed by atoms with Crippen LogP contribution in [0, 0.1) is 0 Å². The van der Waals surface area contributed by atoms with E-state index in [0.717, 1.165) is 0 Å². The molecule has 0 saturated heterocycles. The fourth-order valence-corrected chi connectivity index (χ4v) is 2.81. The number of carbonyl (C=O) groups is 1. The average Bonchev–Trinajstić information content (AvgIpc) is 3.02. The molecule has 0 spiro atoms. The third kappa shape index (κ3) is 2.75. The molecule has 1 aromatic carbocycles. The van der Waals surface area contributed by atoms with Gasteiger partial charge in [-0.05, 0) is 18.2 Å². The number of nitrogens with zero attached hydrogens (tertiary/aromatic N) is 4. The molecule has 8 nitrogen and oxygen atoms in total. The van der Waals surface area contributed by atoms with Gasteiger partial charge in [-0.2, -0.15) is 5.10 Å². The molecule has 0 saturated carbocycles. The summed E-state index contributed by atoms with van der Waals surface area (Å²) in [7, 11) is 1.73. The molecular formula is C17H16N4O4. The maximum absolute atomic E-state index is 12.4. The second kappa shape index (κ2) is 6.04. The number of hydrogen-bond acceptors (Lipinski definition) is 6. The van der Waals surface area contributed by atoms with Gasteiger partial charge < -0.3 is 9.47 Å². The van der Waals surface area contributed by atoms with Gasteiger partial charge in [0.05, 0.1) is 12.5 Å². The van der Waals surface area contributed by atoms with Gasteiger partial charge in [-0.1, -0.05) is 0 Å². The monoisotopic (exact) mass is 340 g/mol. The van der Waals surface area contributed by atoms with Crippen molar-refractivity contribution in [1.82, 2.24) is 19.3 Å². The largest absolute Gasteiger partial charge is 0.486 e. The highest BCUT2D eigenvalue weighted by molar-refractivity contribution is 5.96. The Morgan fingerprint density at radius 3 is 2.88 bits per heavy atom. The summed E-state index contributed by atoms with van der Waals surface area (Å²) in [5.74, 6) is 1.15. The fourth-order valence-electron chi connectivity index (χ4n) is 2.81. The Bertz CT molecular complexity index is 1020. The number of rotatable bonds is 4. The zero-order valence-corrected chi connectivity index (χ0v) is 13.6. The Morgan fingerprint density at radius 1 is 1.24 bits per heavy atom. The molecule has 128 valence electrons. The van der Waals surface area contributed by atoms with Crippen molar-refractivity contribution < 1.29 is 14.3 Å². The normalized spacial score (nSPS) is 13.2. The van der Waals surface area contributed by atoms with Crippen LogP contribution in [-0.2, 0) is 13.6 Å². The highest BCUT2D eigenvalue weighted by Crippen LogP contribution is 2.31. The second-order valence-corrected chi connectivity index (χ2v) is 5.78. The van der Waals surface area contributed by atoms with Crippen LogP contribution in [0.3, 0.4) is 0 Å². The SMILES string of the molecule is Cn1ncc2c(=O)n(CCC(=O)c3ccc4c(c3)OCCO4)cnc21. The molecule has 3 heterocycles. The van der Waals surface area contributed by atoms with E-state index in [0.29, 0.717) is 41.3 Å². The maximum atomic E-state index is 12.4. The van der Waals surface area contributed by atoms with Crippen molar-refractivity contribution in [2.24, 2.45) is 7.05 Å². The van der Waals surface area contributed by atoms with E-state index in [2.05, 4.69) is 10.1 Å². The average molecular weight is 340 g/mol. The van der Waals surface area contributed by atoms with Crippen LogP contribution in [0.4, 0.5) is 0 Å². The summed E-state index contributed by atoms with van der Waals surface area (Å²) in [6.45, 7) is 1.23. The van der Waals surface area contributed by atoms with Crippen LogP contribution < -0.4 is 15.0 Å². The third-order valence-corrected chi connectivity index (χ3v) is 4.16.